The molecule has 0 aliphatic carbocycles. The first-order chi connectivity index (χ1) is 6.91. The van der Waals surface area contributed by atoms with Crippen LogP contribution >= 0.6 is 0 Å². The molecule has 0 saturated heterocycles. The Morgan fingerprint density at radius 2 is 2.27 bits per heavy atom. The Morgan fingerprint density at radius 3 is 2.73 bits per heavy atom. The van der Waals surface area contributed by atoms with Crippen LogP contribution in [0, 0.1) is 13.8 Å². The summed E-state index contributed by atoms with van der Waals surface area (Å²) in [5, 5.41) is 8.62. The molecule has 0 bridgehead atoms. The molecule has 1 aromatic heterocycles. The van der Waals surface area contributed by atoms with Crippen molar-refractivity contribution in [3.8, 4) is 0 Å². The maximum absolute atomic E-state index is 11.5. The number of carbonyl (C=O) groups is 1. The molecule has 0 aromatic carbocycles. The summed E-state index contributed by atoms with van der Waals surface area (Å²) in [5.41, 5.74) is 5.67. The monoisotopic (exact) mass is 211 g/mol. The van der Waals surface area contributed by atoms with Gasteiger partial charge in [-0.15, -0.1) is 0 Å². The maximum Gasteiger partial charge on any atom is 0.322 e. The molecule has 1 heterocycles. The van der Waals surface area contributed by atoms with Crippen molar-refractivity contribution in [1.82, 2.24) is 9.55 Å². The molecular formula is C9H13N3O3. The lowest BCUT2D eigenvalue weighted by molar-refractivity contribution is -0.138. The Labute approximate surface area is 86.4 Å². The van der Waals surface area contributed by atoms with Crippen molar-refractivity contribution in [3.63, 3.8) is 0 Å². The number of nitrogens with zero attached hydrogens (tertiary/aromatic N) is 2. The molecule has 0 radical (unpaired) electrons. The maximum atomic E-state index is 11.5. The minimum atomic E-state index is -1.14. The number of aromatic nitrogens is 2. The van der Waals surface area contributed by atoms with E-state index in [0.29, 0.717) is 11.5 Å². The van der Waals surface area contributed by atoms with Crippen LogP contribution in [0.2, 0.25) is 0 Å². The van der Waals surface area contributed by atoms with Gasteiger partial charge < -0.3 is 10.8 Å². The predicted octanol–water partition coefficient (Wildman–Crippen LogP) is -0.728. The van der Waals surface area contributed by atoms with Crippen LogP contribution in [0.25, 0.3) is 0 Å². The van der Waals surface area contributed by atoms with Crippen LogP contribution in [-0.4, -0.2) is 26.7 Å². The topological polar surface area (TPSA) is 98.2 Å². The molecule has 1 unspecified atom stereocenters. The van der Waals surface area contributed by atoms with Gasteiger partial charge in [0.1, 0.15) is 11.9 Å². The van der Waals surface area contributed by atoms with E-state index in [1.165, 1.54) is 10.6 Å². The highest BCUT2D eigenvalue weighted by Crippen LogP contribution is 1.95. The quantitative estimate of drug-likeness (QED) is 0.687. The van der Waals surface area contributed by atoms with Crippen LogP contribution in [0.1, 0.15) is 11.5 Å². The lowest BCUT2D eigenvalue weighted by atomic mass is 10.3. The Morgan fingerprint density at radius 1 is 1.67 bits per heavy atom. The van der Waals surface area contributed by atoms with E-state index in [0.717, 1.165) is 0 Å². The molecule has 0 saturated carbocycles. The summed E-state index contributed by atoms with van der Waals surface area (Å²) in [4.78, 5) is 26.1. The van der Waals surface area contributed by atoms with Crippen molar-refractivity contribution in [2.75, 3.05) is 0 Å². The average molecular weight is 211 g/mol. The Kier molecular flexibility index (Phi) is 3.21. The van der Waals surface area contributed by atoms with Gasteiger partial charge in [-0.05, 0) is 13.8 Å². The highest BCUT2D eigenvalue weighted by Gasteiger charge is 2.14. The summed E-state index contributed by atoms with van der Waals surface area (Å²) in [7, 11) is 0. The minimum absolute atomic E-state index is 0.0622. The summed E-state index contributed by atoms with van der Waals surface area (Å²) in [5.74, 6) is -0.668. The van der Waals surface area contributed by atoms with Crippen molar-refractivity contribution >= 4 is 5.97 Å². The van der Waals surface area contributed by atoms with Gasteiger partial charge in [-0.3, -0.25) is 14.2 Å². The second-order valence-electron chi connectivity index (χ2n) is 3.34. The van der Waals surface area contributed by atoms with Crippen LogP contribution in [0.3, 0.4) is 0 Å². The predicted molar refractivity (Wildman–Crippen MR) is 53.6 cm³/mol. The fraction of sp³-hybridized carbons (Fsp3) is 0.444. The number of rotatable bonds is 3. The lowest BCUT2D eigenvalue weighted by Crippen LogP contribution is -2.39. The van der Waals surface area contributed by atoms with E-state index in [1.807, 2.05) is 0 Å². The van der Waals surface area contributed by atoms with Crippen molar-refractivity contribution < 1.29 is 9.90 Å². The van der Waals surface area contributed by atoms with Gasteiger partial charge in [-0.1, -0.05) is 0 Å². The summed E-state index contributed by atoms with van der Waals surface area (Å²) in [6.45, 7) is 3.28. The van der Waals surface area contributed by atoms with Crippen molar-refractivity contribution in [2.24, 2.45) is 5.73 Å². The number of aryl methyl sites for hydroxylation is 2. The van der Waals surface area contributed by atoms with Gasteiger partial charge in [0.05, 0.1) is 6.54 Å². The number of carboxylic acid groups (broad SMARTS) is 1. The van der Waals surface area contributed by atoms with Gasteiger partial charge in [0.25, 0.3) is 5.56 Å². The molecule has 0 aliphatic rings. The Balaban J connectivity index is 3.05. The van der Waals surface area contributed by atoms with Gasteiger partial charge in [-0.25, -0.2) is 4.98 Å². The van der Waals surface area contributed by atoms with E-state index >= 15 is 0 Å². The number of carboxylic acids is 1. The zero-order valence-electron chi connectivity index (χ0n) is 8.60. The van der Waals surface area contributed by atoms with Crippen molar-refractivity contribution in [1.29, 1.82) is 0 Å². The van der Waals surface area contributed by atoms with Gasteiger partial charge in [-0.2, -0.15) is 0 Å². The molecule has 0 spiro atoms. The molecule has 0 amide bonds. The molecule has 0 fully saturated rings. The van der Waals surface area contributed by atoms with E-state index in [2.05, 4.69) is 4.98 Å². The number of nitrogens with two attached hydrogens (primary N) is 1. The first kappa shape index (κ1) is 11.4. The van der Waals surface area contributed by atoms with E-state index < -0.39 is 12.0 Å². The minimum Gasteiger partial charge on any atom is -0.480 e. The lowest BCUT2D eigenvalue weighted by Gasteiger charge is -2.11. The molecular weight excluding hydrogens is 198 g/mol. The van der Waals surface area contributed by atoms with E-state index in [4.69, 9.17) is 10.8 Å². The van der Waals surface area contributed by atoms with Gasteiger partial charge in [0.15, 0.2) is 0 Å². The van der Waals surface area contributed by atoms with E-state index in [1.54, 1.807) is 13.8 Å². The van der Waals surface area contributed by atoms with E-state index in [9.17, 15) is 9.59 Å². The normalized spacial score (nSPS) is 12.5. The zero-order valence-corrected chi connectivity index (χ0v) is 8.60. The second kappa shape index (κ2) is 4.22. The van der Waals surface area contributed by atoms with Crippen molar-refractivity contribution in [2.45, 2.75) is 26.4 Å². The molecule has 3 N–H and O–H groups in total. The first-order valence-electron chi connectivity index (χ1n) is 4.45. The molecule has 0 aliphatic heterocycles. The van der Waals surface area contributed by atoms with Crippen LogP contribution in [-0.2, 0) is 11.3 Å². The van der Waals surface area contributed by atoms with Crippen LogP contribution in [0.15, 0.2) is 10.9 Å². The third-order valence-corrected chi connectivity index (χ3v) is 2.02. The Bertz CT molecular complexity index is 439. The van der Waals surface area contributed by atoms with E-state index in [-0.39, 0.29) is 12.1 Å². The largest absolute Gasteiger partial charge is 0.480 e. The fourth-order valence-electron chi connectivity index (χ4n) is 1.26. The summed E-state index contributed by atoms with van der Waals surface area (Å²) in [6, 6.07) is 0.257. The van der Waals surface area contributed by atoms with Crippen LogP contribution < -0.4 is 11.3 Å². The smallest absolute Gasteiger partial charge is 0.322 e. The molecule has 1 atom stereocenters. The molecule has 6 nitrogen and oxygen atoms in total. The van der Waals surface area contributed by atoms with Gasteiger partial charge >= 0.3 is 5.97 Å². The highest BCUT2D eigenvalue weighted by molar-refractivity contribution is 5.72. The SMILES string of the molecule is Cc1cc(=O)n(CC(N)C(=O)O)c(C)n1. The molecule has 6 heteroatoms. The van der Waals surface area contributed by atoms with Crippen molar-refractivity contribution in [3.05, 3.63) is 27.9 Å². The molecule has 1 rings (SSSR count). The molecule has 1 aromatic rings. The summed E-state index contributed by atoms with van der Waals surface area (Å²) in [6.07, 6.45) is 0. The third-order valence-electron chi connectivity index (χ3n) is 2.02. The summed E-state index contributed by atoms with van der Waals surface area (Å²) >= 11 is 0. The fourth-order valence-corrected chi connectivity index (χ4v) is 1.26. The zero-order chi connectivity index (χ0) is 11.6. The number of hydrogen-bond donors (Lipinski definition) is 2. The van der Waals surface area contributed by atoms with Gasteiger partial charge in [0.2, 0.25) is 0 Å². The van der Waals surface area contributed by atoms with Gasteiger partial charge in [0, 0.05) is 11.8 Å². The number of hydrogen-bond acceptors (Lipinski definition) is 4. The van der Waals surface area contributed by atoms with Crippen LogP contribution in [0.5, 0.6) is 0 Å². The Hall–Kier alpha value is -1.69. The third kappa shape index (κ3) is 2.63. The molecule has 15 heavy (non-hydrogen) atoms. The average Bonchev–Trinajstić information content (AvgIpc) is 2.10. The number of aliphatic carboxylic acids is 1. The molecule has 82 valence electrons. The highest BCUT2D eigenvalue weighted by atomic mass is 16.4. The standard InChI is InChI=1S/C9H13N3O3/c1-5-3-8(13)12(6(2)11-5)4-7(10)9(14)15/h3,7H,4,10H2,1-2H3,(H,14,15). The summed E-state index contributed by atoms with van der Waals surface area (Å²) < 4.78 is 1.26. The second-order valence-corrected chi connectivity index (χ2v) is 3.34. The van der Waals surface area contributed by atoms with Crippen LogP contribution in [0.4, 0.5) is 0 Å². The first-order valence-corrected chi connectivity index (χ1v) is 4.45.